The van der Waals surface area contributed by atoms with E-state index in [0.29, 0.717) is 0 Å². The predicted molar refractivity (Wildman–Crippen MR) is 118 cm³/mol. The first kappa shape index (κ1) is 21.1. The molecule has 0 aromatic heterocycles. The van der Waals surface area contributed by atoms with Gasteiger partial charge in [0.1, 0.15) is 22.3 Å². The molecule has 0 amide bonds. The molecule has 11 heteroatoms. The number of rotatable bonds is 0. The monoisotopic (exact) mass is 536 g/mol. The minimum Gasteiger partial charge on any atom is -0.506 e. The van der Waals surface area contributed by atoms with Crippen LogP contribution >= 0.6 is 69.6 Å². The lowest BCUT2D eigenvalue weighted by Gasteiger charge is -2.37. The Morgan fingerprint density at radius 1 is 0.774 bits per heavy atom. The van der Waals surface area contributed by atoms with Crippen molar-refractivity contribution in [1.29, 1.82) is 0 Å². The molecular weight excluding hydrogens is 533 g/mol. The van der Waals surface area contributed by atoms with Gasteiger partial charge >= 0.3 is 5.97 Å². The van der Waals surface area contributed by atoms with E-state index in [2.05, 4.69) is 0 Å². The molecule has 2 heterocycles. The van der Waals surface area contributed by atoms with Gasteiger partial charge in [-0.25, -0.2) is 4.79 Å². The molecule has 2 N–H and O–H groups in total. The van der Waals surface area contributed by atoms with Crippen molar-refractivity contribution in [3.63, 3.8) is 0 Å². The van der Waals surface area contributed by atoms with Gasteiger partial charge < -0.3 is 19.7 Å². The third-order valence-corrected chi connectivity index (χ3v) is 7.64. The van der Waals surface area contributed by atoms with Crippen molar-refractivity contribution in [2.24, 2.45) is 0 Å². The average Bonchev–Trinajstić information content (AvgIpc) is 3.03. The number of ether oxygens (including phenoxy) is 2. The SMILES string of the molecule is O=C1OC2(c3cc(Cl)c(O)cc3Oc3c2ccc(O)c3Cl)c2c(Cl)c(Cl)c(Cl)c(Cl)c21. The first-order chi connectivity index (χ1) is 14.6. The molecule has 0 saturated heterocycles. The van der Waals surface area contributed by atoms with Crippen molar-refractivity contribution in [3.8, 4) is 23.0 Å². The zero-order chi connectivity index (χ0) is 22.4. The topological polar surface area (TPSA) is 76.0 Å². The molecule has 5 nitrogen and oxygen atoms in total. The zero-order valence-electron chi connectivity index (χ0n) is 14.7. The Labute approximate surface area is 204 Å². The first-order valence-electron chi connectivity index (χ1n) is 8.42. The smallest absolute Gasteiger partial charge is 0.341 e. The molecule has 0 saturated carbocycles. The highest BCUT2D eigenvalue weighted by atomic mass is 35.5. The van der Waals surface area contributed by atoms with Gasteiger partial charge in [-0.15, -0.1) is 0 Å². The number of carbonyl (C=O) groups is 1. The van der Waals surface area contributed by atoms with Gasteiger partial charge in [-0.1, -0.05) is 69.6 Å². The minimum absolute atomic E-state index is 0.0187. The van der Waals surface area contributed by atoms with E-state index in [1.165, 1.54) is 24.3 Å². The second-order valence-electron chi connectivity index (χ2n) is 6.75. The van der Waals surface area contributed by atoms with Crippen molar-refractivity contribution in [2.75, 3.05) is 0 Å². The molecule has 2 aliphatic rings. The molecule has 158 valence electrons. The number of hydrogen-bond acceptors (Lipinski definition) is 5. The molecule has 0 radical (unpaired) electrons. The number of carbonyl (C=O) groups excluding carboxylic acids is 1. The molecule has 1 spiro atoms. The summed E-state index contributed by atoms with van der Waals surface area (Å²) in [6, 6.07) is 5.35. The molecule has 1 unspecified atom stereocenters. The molecule has 31 heavy (non-hydrogen) atoms. The van der Waals surface area contributed by atoms with Crippen molar-refractivity contribution in [2.45, 2.75) is 5.60 Å². The normalized spacial score (nSPS) is 18.3. The van der Waals surface area contributed by atoms with E-state index >= 15 is 0 Å². The fourth-order valence-electron chi connectivity index (χ4n) is 3.85. The Bertz CT molecular complexity index is 1350. The van der Waals surface area contributed by atoms with E-state index in [4.69, 9.17) is 79.1 Å². The van der Waals surface area contributed by atoms with Crippen LogP contribution in [-0.4, -0.2) is 16.2 Å². The first-order valence-corrected chi connectivity index (χ1v) is 10.7. The number of phenolic OH excluding ortho intramolecular Hbond substituents is 2. The number of halogens is 6. The minimum atomic E-state index is -1.75. The number of fused-ring (bicyclic) bond motifs is 6. The summed E-state index contributed by atoms with van der Waals surface area (Å²) < 4.78 is 11.7. The van der Waals surface area contributed by atoms with Gasteiger partial charge in [0.15, 0.2) is 11.4 Å². The maximum atomic E-state index is 13.0. The molecule has 3 aromatic carbocycles. The van der Waals surface area contributed by atoms with Crippen molar-refractivity contribution in [1.82, 2.24) is 0 Å². The summed E-state index contributed by atoms with van der Waals surface area (Å²) in [6.45, 7) is 0. The Morgan fingerprint density at radius 3 is 2.16 bits per heavy atom. The molecule has 3 aromatic rings. The summed E-state index contributed by atoms with van der Waals surface area (Å²) >= 11 is 37.8. The lowest BCUT2D eigenvalue weighted by atomic mass is 9.77. The van der Waals surface area contributed by atoms with Crippen LogP contribution in [0.2, 0.25) is 30.1 Å². The van der Waals surface area contributed by atoms with E-state index in [9.17, 15) is 15.0 Å². The van der Waals surface area contributed by atoms with Crippen LogP contribution in [0, 0.1) is 0 Å². The lowest BCUT2D eigenvalue weighted by molar-refractivity contribution is 0.0224. The second-order valence-corrected chi connectivity index (χ2v) is 9.05. The summed E-state index contributed by atoms with van der Waals surface area (Å²) in [7, 11) is 0. The van der Waals surface area contributed by atoms with Crippen LogP contribution in [0.4, 0.5) is 0 Å². The van der Waals surface area contributed by atoms with E-state index in [-0.39, 0.29) is 75.4 Å². The van der Waals surface area contributed by atoms with E-state index < -0.39 is 11.6 Å². The molecule has 0 aliphatic carbocycles. The Balaban J connectivity index is 2.01. The maximum Gasteiger partial charge on any atom is 0.341 e. The van der Waals surface area contributed by atoms with Gasteiger partial charge in [0.05, 0.1) is 30.7 Å². The molecule has 2 aliphatic heterocycles. The number of aromatic hydroxyl groups is 2. The molecular formula is C20H6Cl6O5. The average molecular weight is 539 g/mol. The maximum absolute atomic E-state index is 13.0. The van der Waals surface area contributed by atoms with Crippen LogP contribution in [-0.2, 0) is 10.3 Å². The number of esters is 1. The van der Waals surface area contributed by atoms with Crippen LogP contribution in [0.15, 0.2) is 24.3 Å². The van der Waals surface area contributed by atoms with Gasteiger partial charge in [0.2, 0.25) is 0 Å². The second kappa shape index (κ2) is 6.88. The van der Waals surface area contributed by atoms with Gasteiger partial charge in [0, 0.05) is 22.8 Å². The van der Waals surface area contributed by atoms with Gasteiger partial charge in [0.25, 0.3) is 0 Å². The highest BCUT2D eigenvalue weighted by Gasteiger charge is 2.57. The van der Waals surface area contributed by atoms with Crippen LogP contribution in [0.5, 0.6) is 23.0 Å². The quantitative estimate of drug-likeness (QED) is 0.175. The summed E-state index contributed by atoms with van der Waals surface area (Å²) in [4.78, 5) is 13.0. The van der Waals surface area contributed by atoms with E-state index in [1.807, 2.05) is 0 Å². The van der Waals surface area contributed by atoms with Crippen LogP contribution < -0.4 is 4.74 Å². The highest BCUT2D eigenvalue weighted by molar-refractivity contribution is 6.53. The van der Waals surface area contributed by atoms with Gasteiger partial charge in [-0.3, -0.25) is 0 Å². The number of benzene rings is 3. The summed E-state index contributed by atoms with van der Waals surface area (Å²) in [5.74, 6) is -1.36. The molecule has 0 bridgehead atoms. The zero-order valence-corrected chi connectivity index (χ0v) is 19.2. The Hall–Kier alpha value is -1.73. The third-order valence-electron chi connectivity index (χ3n) is 5.17. The molecule has 0 fully saturated rings. The lowest BCUT2D eigenvalue weighted by Crippen LogP contribution is -2.33. The van der Waals surface area contributed by atoms with Crippen LogP contribution in [0.1, 0.15) is 27.0 Å². The van der Waals surface area contributed by atoms with E-state index in [0.717, 1.165) is 0 Å². The van der Waals surface area contributed by atoms with Crippen molar-refractivity contribution in [3.05, 3.63) is 76.7 Å². The summed E-state index contributed by atoms with van der Waals surface area (Å²) in [5.41, 5.74) is -1.28. The largest absolute Gasteiger partial charge is 0.506 e. The van der Waals surface area contributed by atoms with Gasteiger partial charge in [-0.2, -0.15) is 0 Å². The summed E-state index contributed by atoms with van der Waals surface area (Å²) in [6.07, 6.45) is 0. The third kappa shape index (κ3) is 2.62. The van der Waals surface area contributed by atoms with Gasteiger partial charge in [-0.05, 0) is 18.2 Å². The summed E-state index contributed by atoms with van der Waals surface area (Å²) in [5, 5.41) is 19.6. The number of phenols is 2. The highest BCUT2D eigenvalue weighted by Crippen LogP contribution is 2.62. The van der Waals surface area contributed by atoms with E-state index in [1.54, 1.807) is 0 Å². The number of hydrogen-bond donors (Lipinski definition) is 2. The van der Waals surface area contributed by atoms with Crippen LogP contribution in [0.25, 0.3) is 0 Å². The standard InChI is InChI=1S/C20H6Cl6O5/c21-7-3-6-10(4-9(7)28)30-18-5(1-2-8(27)13(18)22)20(6)12-11(19(29)31-20)14(23)16(25)17(26)15(12)24/h1-4,27-28H. The fraction of sp³-hybridized carbons (Fsp3) is 0.0500. The Morgan fingerprint density at radius 2 is 1.45 bits per heavy atom. The van der Waals surface area contributed by atoms with Crippen molar-refractivity contribution >= 4 is 75.6 Å². The Kier molecular flexibility index (Phi) is 4.69. The van der Waals surface area contributed by atoms with Crippen LogP contribution in [0.3, 0.4) is 0 Å². The molecule has 1 atom stereocenters. The molecule has 5 rings (SSSR count). The predicted octanol–water partition coefficient (Wildman–Crippen LogP) is 7.59. The fourth-order valence-corrected chi connectivity index (χ4v) is 5.28. The van der Waals surface area contributed by atoms with Crippen molar-refractivity contribution < 1.29 is 24.5 Å².